The molecule has 0 bridgehead atoms. The van der Waals surface area contributed by atoms with Crippen molar-refractivity contribution in [3.8, 4) is 17.2 Å². The molecule has 3 nitrogen and oxygen atoms in total. The van der Waals surface area contributed by atoms with Gasteiger partial charge in [0.1, 0.15) is 11.5 Å². The van der Waals surface area contributed by atoms with Crippen LogP contribution >= 0.6 is 0 Å². The zero-order valence-electron chi connectivity index (χ0n) is 14.5. The van der Waals surface area contributed by atoms with Crippen molar-refractivity contribution in [2.24, 2.45) is 0 Å². The minimum atomic E-state index is 0.594. The summed E-state index contributed by atoms with van der Waals surface area (Å²) >= 11 is 0. The SMILES string of the molecule is CCc1oc(-c2ccc(C)cc2)nc1CCOc1cccc(C)c1. The minimum Gasteiger partial charge on any atom is -0.493 e. The standard InChI is InChI=1S/C21H23NO2/c1-4-20-19(12-13-23-18-7-5-6-16(3)14-18)22-21(24-20)17-10-8-15(2)9-11-17/h5-11,14H,4,12-13H2,1-3H3. The van der Waals surface area contributed by atoms with Gasteiger partial charge in [-0.2, -0.15) is 0 Å². The monoisotopic (exact) mass is 321 g/mol. The van der Waals surface area contributed by atoms with Gasteiger partial charge in [-0.05, 0) is 43.7 Å². The van der Waals surface area contributed by atoms with Gasteiger partial charge in [0.05, 0.1) is 12.3 Å². The summed E-state index contributed by atoms with van der Waals surface area (Å²) in [5, 5.41) is 0. The van der Waals surface area contributed by atoms with Crippen LogP contribution in [-0.4, -0.2) is 11.6 Å². The fraction of sp³-hybridized carbons (Fsp3) is 0.286. The highest BCUT2D eigenvalue weighted by Crippen LogP contribution is 2.23. The van der Waals surface area contributed by atoms with Gasteiger partial charge in [-0.15, -0.1) is 0 Å². The van der Waals surface area contributed by atoms with E-state index in [1.54, 1.807) is 0 Å². The van der Waals surface area contributed by atoms with Crippen molar-refractivity contribution in [2.45, 2.75) is 33.6 Å². The van der Waals surface area contributed by atoms with Crippen LogP contribution in [0.4, 0.5) is 0 Å². The number of hydrogen-bond donors (Lipinski definition) is 0. The molecule has 0 saturated heterocycles. The summed E-state index contributed by atoms with van der Waals surface area (Å²) in [5.74, 6) is 2.53. The summed E-state index contributed by atoms with van der Waals surface area (Å²) in [6.07, 6.45) is 1.57. The second kappa shape index (κ2) is 7.35. The minimum absolute atomic E-state index is 0.594. The summed E-state index contributed by atoms with van der Waals surface area (Å²) in [5.41, 5.74) is 4.43. The van der Waals surface area contributed by atoms with Crippen molar-refractivity contribution in [1.29, 1.82) is 0 Å². The molecular weight excluding hydrogens is 298 g/mol. The first-order valence-electron chi connectivity index (χ1n) is 8.41. The maximum atomic E-state index is 5.95. The fourth-order valence-corrected chi connectivity index (χ4v) is 2.65. The summed E-state index contributed by atoms with van der Waals surface area (Å²) in [6, 6.07) is 16.3. The molecule has 0 aliphatic heterocycles. The molecule has 1 heterocycles. The number of rotatable bonds is 6. The molecule has 0 radical (unpaired) electrons. The maximum absolute atomic E-state index is 5.95. The van der Waals surface area contributed by atoms with Gasteiger partial charge in [-0.25, -0.2) is 4.98 Å². The maximum Gasteiger partial charge on any atom is 0.226 e. The molecule has 3 rings (SSSR count). The second-order valence-electron chi connectivity index (χ2n) is 6.02. The molecule has 124 valence electrons. The van der Waals surface area contributed by atoms with E-state index in [2.05, 4.69) is 44.0 Å². The first-order chi connectivity index (χ1) is 11.7. The molecule has 1 aromatic heterocycles. The van der Waals surface area contributed by atoms with Crippen molar-refractivity contribution in [3.05, 3.63) is 71.1 Å². The number of oxazole rings is 1. The van der Waals surface area contributed by atoms with Gasteiger partial charge < -0.3 is 9.15 Å². The van der Waals surface area contributed by atoms with Crippen LogP contribution < -0.4 is 4.74 Å². The van der Waals surface area contributed by atoms with E-state index in [0.717, 1.165) is 35.6 Å². The normalized spacial score (nSPS) is 10.8. The van der Waals surface area contributed by atoms with Crippen molar-refractivity contribution in [2.75, 3.05) is 6.61 Å². The lowest BCUT2D eigenvalue weighted by Crippen LogP contribution is -2.03. The lowest BCUT2D eigenvalue weighted by atomic mass is 10.1. The summed E-state index contributed by atoms with van der Waals surface area (Å²) < 4.78 is 11.8. The van der Waals surface area contributed by atoms with Gasteiger partial charge in [0, 0.05) is 18.4 Å². The first-order valence-corrected chi connectivity index (χ1v) is 8.41. The Bertz CT molecular complexity index is 803. The fourth-order valence-electron chi connectivity index (χ4n) is 2.65. The molecule has 0 aliphatic rings. The highest BCUT2D eigenvalue weighted by Gasteiger charge is 2.13. The van der Waals surface area contributed by atoms with E-state index in [-0.39, 0.29) is 0 Å². The Hall–Kier alpha value is -2.55. The Morgan fingerprint density at radius 1 is 1.00 bits per heavy atom. The van der Waals surface area contributed by atoms with Gasteiger partial charge in [0.15, 0.2) is 0 Å². The summed E-state index contributed by atoms with van der Waals surface area (Å²) in [6.45, 7) is 6.82. The number of benzene rings is 2. The predicted molar refractivity (Wildman–Crippen MR) is 96.4 cm³/mol. The number of hydrogen-bond acceptors (Lipinski definition) is 3. The third-order valence-electron chi connectivity index (χ3n) is 4.00. The third-order valence-corrected chi connectivity index (χ3v) is 4.00. The molecule has 0 spiro atoms. The summed E-state index contributed by atoms with van der Waals surface area (Å²) in [4.78, 5) is 4.68. The van der Waals surface area contributed by atoms with Crippen molar-refractivity contribution >= 4 is 0 Å². The van der Waals surface area contributed by atoms with E-state index in [4.69, 9.17) is 9.15 Å². The molecule has 0 aliphatic carbocycles. The largest absolute Gasteiger partial charge is 0.493 e. The van der Waals surface area contributed by atoms with Crippen LogP contribution in [0.3, 0.4) is 0 Å². The van der Waals surface area contributed by atoms with Crippen LogP contribution in [0.15, 0.2) is 52.9 Å². The van der Waals surface area contributed by atoms with Crippen molar-refractivity contribution in [1.82, 2.24) is 4.98 Å². The molecule has 0 saturated carbocycles. The Morgan fingerprint density at radius 3 is 2.50 bits per heavy atom. The quantitative estimate of drug-likeness (QED) is 0.630. The highest BCUT2D eigenvalue weighted by molar-refractivity contribution is 5.54. The van der Waals surface area contributed by atoms with E-state index in [9.17, 15) is 0 Å². The first kappa shape index (κ1) is 16.3. The predicted octanol–water partition coefficient (Wildman–Crippen LogP) is 5.14. The van der Waals surface area contributed by atoms with Crippen LogP contribution in [0.2, 0.25) is 0 Å². The topological polar surface area (TPSA) is 35.3 Å². The van der Waals surface area contributed by atoms with Crippen LogP contribution in [0.1, 0.15) is 29.5 Å². The van der Waals surface area contributed by atoms with E-state index in [1.165, 1.54) is 11.1 Å². The van der Waals surface area contributed by atoms with Crippen LogP contribution in [0.5, 0.6) is 5.75 Å². The zero-order chi connectivity index (χ0) is 16.9. The molecule has 0 atom stereocenters. The second-order valence-corrected chi connectivity index (χ2v) is 6.02. The van der Waals surface area contributed by atoms with Crippen LogP contribution in [0.25, 0.3) is 11.5 Å². The number of nitrogens with zero attached hydrogens (tertiary/aromatic N) is 1. The van der Waals surface area contributed by atoms with E-state index < -0.39 is 0 Å². The molecule has 2 aromatic carbocycles. The van der Waals surface area contributed by atoms with Crippen molar-refractivity contribution < 1.29 is 9.15 Å². The highest BCUT2D eigenvalue weighted by atomic mass is 16.5. The Kier molecular flexibility index (Phi) is 4.99. The van der Waals surface area contributed by atoms with Gasteiger partial charge in [0.2, 0.25) is 5.89 Å². The van der Waals surface area contributed by atoms with E-state index in [0.29, 0.717) is 12.5 Å². The van der Waals surface area contributed by atoms with Crippen LogP contribution in [0, 0.1) is 13.8 Å². The third kappa shape index (κ3) is 3.85. The number of ether oxygens (including phenoxy) is 1. The number of aryl methyl sites for hydroxylation is 3. The molecule has 0 N–H and O–H groups in total. The van der Waals surface area contributed by atoms with Gasteiger partial charge in [-0.1, -0.05) is 36.8 Å². The van der Waals surface area contributed by atoms with Crippen LogP contribution in [-0.2, 0) is 12.8 Å². The van der Waals surface area contributed by atoms with Gasteiger partial charge >= 0.3 is 0 Å². The van der Waals surface area contributed by atoms with E-state index >= 15 is 0 Å². The van der Waals surface area contributed by atoms with E-state index in [1.807, 2.05) is 30.3 Å². The lowest BCUT2D eigenvalue weighted by molar-refractivity contribution is 0.319. The number of aromatic nitrogens is 1. The smallest absolute Gasteiger partial charge is 0.226 e. The average Bonchev–Trinajstić information content (AvgIpc) is 2.99. The lowest BCUT2D eigenvalue weighted by Gasteiger charge is -2.05. The van der Waals surface area contributed by atoms with Gasteiger partial charge in [0.25, 0.3) is 0 Å². The molecule has 3 aromatic rings. The molecule has 0 fully saturated rings. The Balaban J connectivity index is 1.70. The Morgan fingerprint density at radius 2 is 1.79 bits per heavy atom. The molecular formula is C21H23NO2. The van der Waals surface area contributed by atoms with Gasteiger partial charge in [-0.3, -0.25) is 0 Å². The van der Waals surface area contributed by atoms with Crippen molar-refractivity contribution in [3.63, 3.8) is 0 Å². The zero-order valence-corrected chi connectivity index (χ0v) is 14.5. The average molecular weight is 321 g/mol. The molecule has 0 amide bonds. The molecule has 3 heteroatoms. The summed E-state index contributed by atoms with van der Waals surface area (Å²) in [7, 11) is 0. The molecule has 0 unspecified atom stereocenters. The molecule has 24 heavy (non-hydrogen) atoms. The Labute approximate surface area is 143 Å².